The normalized spacial score (nSPS) is 22.4. The number of benzene rings is 1. The van der Waals surface area contributed by atoms with Crippen molar-refractivity contribution in [2.24, 2.45) is 5.92 Å². The highest BCUT2D eigenvalue weighted by Crippen LogP contribution is 2.42. The molecule has 1 aliphatic carbocycles. The van der Waals surface area contributed by atoms with Crippen LogP contribution in [0.2, 0.25) is 0 Å². The maximum Gasteiger partial charge on any atom is 0.332 e. The van der Waals surface area contributed by atoms with Gasteiger partial charge in [-0.15, -0.1) is 0 Å². The topological polar surface area (TPSA) is 85.5 Å². The van der Waals surface area contributed by atoms with Crippen LogP contribution in [-0.4, -0.2) is 45.3 Å². The van der Waals surface area contributed by atoms with E-state index in [0.29, 0.717) is 17.1 Å². The number of likely N-dealkylation sites (tertiary alicyclic amines) is 1. The molecular formula is C20H17FN4O3S. The first-order chi connectivity index (χ1) is 14.0. The highest BCUT2D eigenvalue weighted by Gasteiger charge is 2.42. The standard InChI is InChI=1S/C20H17FN4O3S/c21-13-2-3-15-17(7-13)29-25(20(28)23-15)10-19(27)24-9-11-5-14(16(24)6-11)12-1-4-18(26)22-8-12/h1-5,7-8,11,16H,6,9-10H2,(H,22,26)(H,23,28). The molecule has 0 radical (unpaired) electrons. The van der Waals surface area contributed by atoms with Crippen molar-refractivity contribution < 1.29 is 14.0 Å². The zero-order valence-corrected chi connectivity index (χ0v) is 16.0. The van der Waals surface area contributed by atoms with Gasteiger partial charge in [0.2, 0.25) is 11.5 Å². The van der Waals surface area contributed by atoms with Crippen LogP contribution >= 0.6 is 11.9 Å². The van der Waals surface area contributed by atoms with Gasteiger partial charge in [-0.1, -0.05) is 6.08 Å². The Kier molecular flexibility index (Phi) is 4.20. The number of urea groups is 1. The number of aromatic nitrogens is 1. The highest BCUT2D eigenvalue weighted by atomic mass is 32.2. The molecule has 2 bridgehead atoms. The van der Waals surface area contributed by atoms with Crippen LogP contribution in [0.3, 0.4) is 0 Å². The second-order valence-electron chi connectivity index (χ2n) is 7.32. The van der Waals surface area contributed by atoms with Crippen LogP contribution < -0.4 is 10.9 Å². The number of aromatic amines is 1. The zero-order chi connectivity index (χ0) is 20.1. The van der Waals surface area contributed by atoms with Gasteiger partial charge in [-0.3, -0.25) is 13.9 Å². The Balaban J connectivity index is 1.32. The van der Waals surface area contributed by atoms with Gasteiger partial charge in [0.05, 0.1) is 16.6 Å². The van der Waals surface area contributed by atoms with Crippen LogP contribution in [0.15, 0.2) is 52.3 Å². The van der Waals surface area contributed by atoms with E-state index >= 15 is 0 Å². The molecule has 2 atom stereocenters. The number of carbonyl (C=O) groups excluding carboxylic acids is 2. The summed E-state index contributed by atoms with van der Waals surface area (Å²) < 4.78 is 14.8. The van der Waals surface area contributed by atoms with E-state index in [1.165, 1.54) is 28.6 Å². The number of rotatable bonds is 3. The molecule has 7 nitrogen and oxygen atoms in total. The predicted molar refractivity (Wildman–Crippen MR) is 107 cm³/mol. The van der Waals surface area contributed by atoms with Gasteiger partial charge < -0.3 is 15.2 Å². The Hall–Kier alpha value is -3.07. The molecular weight excluding hydrogens is 395 g/mol. The Morgan fingerprint density at radius 3 is 2.86 bits per heavy atom. The molecule has 1 aromatic heterocycles. The Labute approximate surface area is 169 Å². The molecule has 9 heteroatoms. The molecule has 0 saturated carbocycles. The fraction of sp³-hybridized carbons (Fsp3) is 0.250. The molecule has 1 saturated heterocycles. The SMILES string of the molecule is O=C1Nc2ccc(F)cc2SN1CC(=O)N1CC2C=C(c3ccc(=O)[nH]c3)C1C2. The monoisotopic (exact) mass is 412 g/mol. The van der Waals surface area contributed by atoms with E-state index in [0.717, 1.165) is 29.5 Å². The number of pyridine rings is 1. The zero-order valence-electron chi connectivity index (χ0n) is 15.2. The van der Waals surface area contributed by atoms with Crippen molar-refractivity contribution in [1.82, 2.24) is 14.2 Å². The molecule has 1 aromatic carbocycles. The summed E-state index contributed by atoms with van der Waals surface area (Å²) in [6, 6.07) is 6.89. The van der Waals surface area contributed by atoms with E-state index in [1.807, 2.05) is 0 Å². The Bertz CT molecular complexity index is 1090. The molecule has 3 aliphatic rings. The van der Waals surface area contributed by atoms with E-state index in [-0.39, 0.29) is 30.0 Å². The van der Waals surface area contributed by atoms with Gasteiger partial charge in [0.15, 0.2) is 0 Å². The van der Waals surface area contributed by atoms with Gasteiger partial charge in [0, 0.05) is 18.8 Å². The molecule has 1 fully saturated rings. The first kappa shape index (κ1) is 18.0. The smallest absolute Gasteiger partial charge is 0.332 e. The minimum atomic E-state index is -0.400. The number of fused-ring (bicyclic) bond motifs is 3. The van der Waals surface area contributed by atoms with E-state index in [4.69, 9.17) is 0 Å². The summed E-state index contributed by atoms with van der Waals surface area (Å²) in [5.41, 5.74) is 2.28. The summed E-state index contributed by atoms with van der Waals surface area (Å²) in [7, 11) is 0. The van der Waals surface area contributed by atoms with Crippen molar-refractivity contribution >= 4 is 35.1 Å². The van der Waals surface area contributed by atoms with E-state index in [9.17, 15) is 18.8 Å². The van der Waals surface area contributed by atoms with Crippen molar-refractivity contribution in [3.63, 3.8) is 0 Å². The van der Waals surface area contributed by atoms with Crippen molar-refractivity contribution in [1.29, 1.82) is 0 Å². The second kappa shape index (κ2) is 6.77. The average molecular weight is 412 g/mol. The van der Waals surface area contributed by atoms with Crippen LogP contribution in [0.5, 0.6) is 0 Å². The van der Waals surface area contributed by atoms with Gasteiger partial charge in [-0.2, -0.15) is 0 Å². The Morgan fingerprint density at radius 1 is 1.24 bits per heavy atom. The average Bonchev–Trinajstić information content (AvgIpc) is 3.30. The number of nitrogens with one attached hydrogen (secondary N) is 2. The minimum Gasteiger partial charge on any atom is -0.333 e. The van der Waals surface area contributed by atoms with Crippen LogP contribution in [0, 0.1) is 11.7 Å². The minimum absolute atomic E-state index is 0.0685. The van der Waals surface area contributed by atoms with Crippen molar-refractivity contribution in [3.8, 4) is 0 Å². The molecule has 3 amide bonds. The largest absolute Gasteiger partial charge is 0.333 e. The maximum absolute atomic E-state index is 13.5. The molecule has 2 N–H and O–H groups in total. The molecule has 2 aromatic rings. The summed E-state index contributed by atoms with van der Waals surface area (Å²) in [6.45, 7) is 0.510. The molecule has 0 spiro atoms. The number of halogens is 1. The molecule has 29 heavy (non-hydrogen) atoms. The van der Waals surface area contributed by atoms with Gasteiger partial charge in [-0.25, -0.2) is 9.18 Å². The Morgan fingerprint density at radius 2 is 2.10 bits per heavy atom. The third kappa shape index (κ3) is 3.21. The molecule has 148 valence electrons. The number of nitrogens with zero attached hydrogens (tertiary/aromatic N) is 2. The summed E-state index contributed by atoms with van der Waals surface area (Å²) in [5, 5.41) is 2.69. The molecule has 2 unspecified atom stereocenters. The maximum atomic E-state index is 13.5. The highest BCUT2D eigenvalue weighted by molar-refractivity contribution is 7.97. The fourth-order valence-electron chi connectivity index (χ4n) is 4.13. The first-order valence-electron chi connectivity index (χ1n) is 9.24. The lowest BCUT2D eigenvalue weighted by atomic mass is 10.0. The van der Waals surface area contributed by atoms with Crippen LogP contribution in [-0.2, 0) is 4.79 Å². The summed E-state index contributed by atoms with van der Waals surface area (Å²) in [6.07, 6.45) is 4.66. The van der Waals surface area contributed by atoms with Gasteiger partial charge in [0.1, 0.15) is 12.4 Å². The van der Waals surface area contributed by atoms with Crippen molar-refractivity contribution in [3.05, 3.63) is 64.3 Å². The lowest BCUT2D eigenvalue weighted by molar-refractivity contribution is -0.131. The number of amides is 3. The van der Waals surface area contributed by atoms with E-state index in [2.05, 4.69) is 16.4 Å². The molecule has 5 rings (SSSR count). The third-order valence-corrected chi connectivity index (χ3v) is 6.49. The van der Waals surface area contributed by atoms with Gasteiger partial charge in [-0.05, 0) is 59.7 Å². The van der Waals surface area contributed by atoms with Crippen molar-refractivity contribution in [2.75, 3.05) is 18.4 Å². The third-order valence-electron chi connectivity index (χ3n) is 5.44. The number of hydrogen-bond acceptors (Lipinski definition) is 4. The summed E-state index contributed by atoms with van der Waals surface area (Å²) >= 11 is 1.06. The van der Waals surface area contributed by atoms with Crippen molar-refractivity contribution in [2.45, 2.75) is 17.4 Å². The van der Waals surface area contributed by atoms with Gasteiger partial charge >= 0.3 is 6.03 Å². The van der Waals surface area contributed by atoms with Crippen LogP contribution in [0.25, 0.3) is 5.57 Å². The fourth-order valence-corrected chi connectivity index (χ4v) is 5.06. The summed E-state index contributed by atoms with van der Waals surface area (Å²) in [5.74, 6) is -0.287. The second-order valence-corrected chi connectivity index (χ2v) is 8.38. The number of H-pyrrole nitrogens is 1. The quantitative estimate of drug-likeness (QED) is 0.759. The number of carbonyl (C=O) groups is 2. The van der Waals surface area contributed by atoms with Gasteiger partial charge in [0.25, 0.3) is 0 Å². The molecule has 3 heterocycles. The summed E-state index contributed by atoms with van der Waals surface area (Å²) in [4.78, 5) is 41.7. The number of anilines is 1. The number of hydrogen-bond donors (Lipinski definition) is 2. The van der Waals surface area contributed by atoms with E-state index < -0.39 is 11.8 Å². The first-order valence-corrected chi connectivity index (χ1v) is 10.0. The lowest BCUT2D eigenvalue weighted by Crippen LogP contribution is -2.45. The molecule has 2 aliphatic heterocycles. The lowest BCUT2D eigenvalue weighted by Gasteiger charge is -2.32. The van der Waals surface area contributed by atoms with E-state index in [1.54, 1.807) is 17.2 Å². The van der Waals surface area contributed by atoms with Crippen LogP contribution in [0.4, 0.5) is 14.9 Å². The predicted octanol–water partition coefficient (Wildman–Crippen LogP) is 2.68. The van der Waals surface area contributed by atoms with Crippen LogP contribution in [0.1, 0.15) is 12.0 Å².